The molecular formula is C19H26N2O4. The van der Waals surface area contributed by atoms with Crippen LogP contribution in [0.15, 0.2) is 16.7 Å². The summed E-state index contributed by atoms with van der Waals surface area (Å²) in [6.07, 6.45) is 2.28. The number of likely N-dealkylation sites (tertiary alicyclic amines) is 1. The molecule has 25 heavy (non-hydrogen) atoms. The summed E-state index contributed by atoms with van der Waals surface area (Å²) < 4.78 is 21.7. The largest absolute Gasteiger partial charge is 0.493 e. The van der Waals surface area contributed by atoms with Gasteiger partial charge in [-0.05, 0) is 50.9 Å². The number of hydrogen-bond acceptors (Lipinski definition) is 6. The molecule has 6 nitrogen and oxygen atoms in total. The van der Waals surface area contributed by atoms with E-state index < -0.39 is 0 Å². The molecule has 1 aliphatic rings. The van der Waals surface area contributed by atoms with Crippen LogP contribution in [0.5, 0.6) is 17.2 Å². The van der Waals surface area contributed by atoms with Crippen LogP contribution >= 0.6 is 0 Å². The van der Waals surface area contributed by atoms with Gasteiger partial charge < -0.3 is 18.7 Å². The van der Waals surface area contributed by atoms with E-state index in [2.05, 4.69) is 10.1 Å². The van der Waals surface area contributed by atoms with E-state index in [9.17, 15) is 0 Å². The lowest BCUT2D eigenvalue weighted by atomic mass is 10.0. The fourth-order valence-corrected chi connectivity index (χ4v) is 3.77. The Morgan fingerprint density at radius 2 is 1.80 bits per heavy atom. The first-order valence-corrected chi connectivity index (χ1v) is 8.54. The molecule has 3 rings (SSSR count). The first kappa shape index (κ1) is 17.6. The highest BCUT2D eigenvalue weighted by molar-refractivity contribution is 5.53. The molecule has 0 amide bonds. The van der Waals surface area contributed by atoms with Crippen LogP contribution in [0.4, 0.5) is 0 Å². The molecule has 0 N–H and O–H groups in total. The number of nitrogens with zero attached hydrogens (tertiary/aromatic N) is 2. The zero-order valence-corrected chi connectivity index (χ0v) is 15.6. The number of rotatable bonds is 6. The Labute approximate surface area is 148 Å². The Kier molecular flexibility index (Phi) is 5.18. The Hall–Kier alpha value is -2.21. The average Bonchev–Trinajstić information content (AvgIpc) is 3.19. The SMILES string of the molecule is COc1cc(CN2CCC[C@H]2c2c(C)noc2C)cc(OC)c1OC. The minimum atomic E-state index is 0.338. The molecule has 1 aliphatic heterocycles. The maximum atomic E-state index is 5.47. The molecule has 0 spiro atoms. The predicted molar refractivity (Wildman–Crippen MR) is 94.5 cm³/mol. The number of methoxy groups -OCH3 is 3. The summed E-state index contributed by atoms with van der Waals surface area (Å²) >= 11 is 0. The lowest BCUT2D eigenvalue weighted by molar-refractivity contribution is 0.244. The maximum Gasteiger partial charge on any atom is 0.203 e. The van der Waals surface area contributed by atoms with E-state index in [1.165, 1.54) is 12.0 Å². The molecule has 0 aliphatic carbocycles. The quantitative estimate of drug-likeness (QED) is 0.796. The van der Waals surface area contributed by atoms with E-state index in [1.54, 1.807) is 21.3 Å². The van der Waals surface area contributed by atoms with Gasteiger partial charge in [0.15, 0.2) is 11.5 Å². The van der Waals surface area contributed by atoms with Crippen molar-refractivity contribution in [3.63, 3.8) is 0 Å². The Morgan fingerprint density at radius 3 is 2.32 bits per heavy atom. The van der Waals surface area contributed by atoms with Crippen molar-refractivity contribution < 1.29 is 18.7 Å². The second-order valence-electron chi connectivity index (χ2n) is 6.40. The van der Waals surface area contributed by atoms with E-state index >= 15 is 0 Å². The van der Waals surface area contributed by atoms with Gasteiger partial charge >= 0.3 is 0 Å². The third kappa shape index (κ3) is 3.31. The third-order valence-corrected chi connectivity index (χ3v) is 4.90. The number of aryl methyl sites for hydroxylation is 2. The molecule has 2 aromatic rings. The van der Waals surface area contributed by atoms with Gasteiger partial charge in [-0.1, -0.05) is 5.16 Å². The number of ether oxygens (including phenoxy) is 3. The summed E-state index contributed by atoms with van der Waals surface area (Å²) in [6.45, 7) is 5.86. The lowest BCUT2D eigenvalue weighted by Crippen LogP contribution is -2.23. The molecule has 1 saturated heterocycles. The molecule has 1 aromatic carbocycles. The highest BCUT2D eigenvalue weighted by Crippen LogP contribution is 2.41. The molecule has 0 radical (unpaired) electrons. The topological polar surface area (TPSA) is 57.0 Å². The van der Waals surface area contributed by atoms with Gasteiger partial charge in [0.2, 0.25) is 5.75 Å². The van der Waals surface area contributed by atoms with Crippen molar-refractivity contribution in [1.29, 1.82) is 0 Å². The molecule has 1 fully saturated rings. The molecule has 1 atom stereocenters. The fraction of sp³-hybridized carbons (Fsp3) is 0.526. The van der Waals surface area contributed by atoms with Crippen LogP contribution in [-0.2, 0) is 6.54 Å². The van der Waals surface area contributed by atoms with Crippen molar-refractivity contribution in [2.45, 2.75) is 39.3 Å². The number of benzene rings is 1. The normalized spacial score (nSPS) is 17.7. The van der Waals surface area contributed by atoms with Crippen molar-refractivity contribution in [1.82, 2.24) is 10.1 Å². The summed E-state index contributed by atoms with van der Waals surface area (Å²) in [6, 6.07) is 4.37. The fourth-order valence-electron chi connectivity index (χ4n) is 3.77. The molecule has 0 unspecified atom stereocenters. The van der Waals surface area contributed by atoms with Crippen molar-refractivity contribution in [3.8, 4) is 17.2 Å². The van der Waals surface area contributed by atoms with Gasteiger partial charge in [0, 0.05) is 18.2 Å². The Bertz CT molecular complexity index is 697. The first-order valence-electron chi connectivity index (χ1n) is 8.54. The van der Waals surface area contributed by atoms with E-state index in [4.69, 9.17) is 18.7 Å². The molecule has 136 valence electrons. The molecule has 1 aromatic heterocycles. The van der Waals surface area contributed by atoms with Crippen molar-refractivity contribution in [3.05, 3.63) is 34.7 Å². The standard InChI is InChI=1S/C19H26N2O4/c1-12-18(13(2)25-20-12)15-7-6-8-21(15)11-14-9-16(22-3)19(24-5)17(10-14)23-4/h9-10,15H,6-8,11H2,1-5H3/t15-/m0/s1. The highest BCUT2D eigenvalue weighted by atomic mass is 16.5. The van der Waals surface area contributed by atoms with Crippen molar-refractivity contribution >= 4 is 0 Å². The maximum absolute atomic E-state index is 5.47. The van der Waals surface area contributed by atoms with E-state index in [0.717, 1.165) is 36.5 Å². The Morgan fingerprint density at radius 1 is 1.12 bits per heavy atom. The van der Waals surface area contributed by atoms with Crippen molar-refractivity contribution in [2.24, 2.45) is 0 Å². The van der Waals surface area contributed by atoms with Gasteiger partial charge in [-0.15, -0.1) is 0 Å². The van der Waals surface area contributed by atoms with E-state index in [1.807, 2.05) is 26.0 Å². The van der Waals surface area contributed by atoms with Gasteiger partial charge in [-0.3, -0.25) is 4.90 Å². The van der Waals surface area contributed by atoms with Crippen LogP contribution in [0.1, 0.15) is 41.5 Å². The van der Waals surface area contributed by atoms with Crippen molar-refractivity contribution in [2.75, 3.05) is 27.9 Å². The van der Waals surface area contributed by atoms with E-state index in [0.29, 0.717) is 23.3 Å². The molecule has 0 saturated carbocycles. The summed E-state index contributed by atoms with van der Waals surface area (Å²) in [7, 11) is 4.90. The van der Waals surface area contributed by atoms with Gasteiger partial charge in [-0.2, -0.15) is 0 Å². The van der Waals surface area contributed by atoms with Crippen LogP contribution in [0.25, 0.3) is 0 Å². The summed E-state index contributed by atoms with van der Waals surface area (Å²) in [4.78, 5) is 2.47. The van der Waals surface area contributed by atoms with Crippen LogP contribution < -0.4 is 14.2 Å². The van der Waals surface area contributed by atoms with Crippen LogP contribution in [0, 0.1) is 13.8 Å². The lowest BCUT2D eigenvalue weighted by Gasteiger charge is -2.25. The summed E-state index contributed by atoms with van der Waals surface area (Å²) in [5.41, 5.74) is 3.34. The summed E-state index contributed by atoms with van der Waals surface area (Å²) in [5.74, 6) is 2.91. The van der Waals surface area contributed by atoms with Gasteiger partial charge in [0.25, 0.3) is 0 Å². The Balaban J connectivity index is 1.89. The number of aromatic nitrogens is 1. The average molecular weight is 346 g/mol. The van der Waals surface area contributed by atoms with Crippen LogP contribution in [0.3, 0.4) is 0 Å². The molecule has 0 bridgehead atoms. The van der Waals surface area contributed by atoms with Gasteiger partial charge in [-0.25, -0.2) is 0 Å². The monoisotopic (exact) mass is 346 g/mol. The highest BCUT2D eigenvalue weighted by Gasteiger charge is 2.31. The zero-order valence-electron chi connectivity index (χ0n) is 15.6. The smallest absolute Gasteiger partial charge is 0.203 e. The first-order chi connectivity index (χ1) is 12.1. The summed E-state index contributed by atoms with van der Waals surface area (Å²) in [5, 5.41) is 4.12. The van der Waals surface area contributed by atoms with Gasteiger partial charge in [0.1, 0.15) is 5.76 Å². The third-order valence-electron chi connectivity index (χ3n) is 4.90. The van der Waals surface area contributed by atoms with E-state index in [-0.39, 0.29) is 0 Å². The second kappa shape index (κ2) is 7.35. The number of hydrogen-bond donors (Lipinski definition) is 0. The second-order valence-corrected chi connectivity index (χ2v) is 6.40. The predicted octanol–water partition coefficient (Wildman–Crippen LogP) is 3.65. The minimum absolute atomic E-state index is 0.338. The molecular weight excluding hydrogens is 320 g/mol. The zero-order chi connectivity index (χ0) is 18.0. The minimum Gasteiger partial charge on any atom is -0.493 e. The van der Waals surface area contributed by atoms with Gasteiger partial charge in [0.05, 0.1) is 27.0 Å². The van der Waals surface area contributed by atoms with Crippen LogP contribution in [-0.4, -0.2) is 37.9 Å². The van der Waals surface area contributed by atoms with Crippen LogP contribution in [0.2, 0.25) is 0 Å². The molecule has 2 heterocycles. The molecule has 6 heteroatoms.